The van der Waals surface area contributed by atoms with E-state index in [1.807, 2.05) is 78.9 Å². The average Bonchev–Trinajstić information content (AvgIpc) is 3.60. The third-order valence-electron chi connectivity index (χ3n) is 10.3. The topological polar surface area (TPSA) is 132 Å². The van der Waals surface area contributed by atoms with Crippen molar-refractivity contribution in [3.8, 4) is 23.8 Å². The van der Waals surface area contributed by atoms with Crippen molar-refractivity contribution in [3.05, 3.63) is 129 Å². The summed E-state index contributed by atoms with van der Waals surface area (Å²) in [5.74, 6) is 5.32. The second kappa shape index (κ2) is 21.4. The van der Waals surface area contributed by atoms with Gasteiger partial charge in [0, 0.05) is 43.0 Å². The Labute approximate surface area is 361 Å². The third-order valence-corrected chi connectivity index (χ3v) is 14.9. The fourth-order valence-corrected chi connectivity index (χ4v) is 12.0. The van der Waals surface area contributed by atoms with E-state index in [0.717, 1.165) is 16.7 Å². The molecular formula is C44H54N3O10PS2. The van der Waals surface area contributed by atoms with Crippen LogP contribution in [0, 0.1) is 12.3 Å². The summed E-state index contributed by atoms with van der Waals surface area (Å²) >= 11 is 0. The van der Waals surface area contributed by atoms with Crippen LogP contribution in [0.4, 0.5) is 0 Å². The molecule has 0 spiro atoms. The van der Waals surface area contributed by atoms with E-state index in [2.05, 4.69) is 43.3 Å². The molecule has 7 atom stereocenters. The number of terminal acetylenes is 1. The molecule has 0 radical (unpaired) electrons. The fraction of sp³-hybridized carbons (Fsp3) is 0.455. The van der Waals surface area contributed by atoms with Gasteiger partial charge in [0.2, 0.25) is 0 Å². The molecule has 1 aromatic heterocycles. The number of rotatable bonds is 19. The van der Waals surface area contributed by atoms with Gasteiger partial charge >= 0.3 is 5.69 Å². The van der Waals surface area contributed by atoms with E-state index in [0.29, 0.717) is 23.0 Å². The Morgan fingerprint density at radius 1 is 0.833 bits per heavy atom. The van der Waals surface area contributed by atoms with Crippen LogP contribution >= 0.6 is 30.1 Å². The highest BCUT2D eigenvalue weighted by molar-refractivity contribution is 8.76. The molecule has 0 bridgehead atoms. The lowest BCUT2D eigenvalue weighted by Gasteiger charge is -2.41. The van der Waals surface area contributed by atoms with Crippen LogP contribution in [0.3, 0.4) is 0 Å². The van der Waals surface area contributed by atoms with Crippen molar-refractivity contribution >= 4 is 30.1 Å². The largest absolute Gasteiger partial charge is 0.497 e. The van der Waals surface area contributed by atoms with Gasteiger partial charge in [0.25, 0.3) is 14.1 Å². The Kier molecular flexibility index (Phi) is 16.4. The van der Waals surface area contributed by atoms with Gasteiger partial charge in [0.15, 0.2) is 6.23 Å². The van der Waals surface area contributed by atoms with Crippen molar-refractivity contribution in [2.45, 2.75) is 82.1 Å². The zero-order valence-electron chi connectivity index (χ0n) is 34.9. The molecule has 16 heteroatoms. The van der Waals surface area contributed by atoms with E-state index in [9.17, 15) is 9.59 Å². The molecule has 4 aromatic rings. The number of hydrogen-bond acceptors (Lipinski definition) is 13. The van der Waals surface area contributed by atoms with Gasteiger partial charge in [-0.05, 0) is 68.7 Å². The van der Waals surface area contributed by atoms with E-state index in [-0.39, 0.29) is 37.5 Å². The quantitative estimate of drug-likeness (QED) is 0.0449. The Morgan fingerprint density at radius 2 is 1.42 bits per heavy atom. The van der Waals surface area contributed by atoms with Crippen LogP contribution in [0.5, 0.6) is 11.5 Å². The average molecular weight is 880 g/mol. The molecule has 322 valence electrons. The van der Waals surface area contributed by atoms with Crippen LogP contribution in [0.15, 0.2) is 101 Å². The maximum atomic E-state index is 13.4. The van der Waals surface area contributed by atoms with Crippen molar-refractivity contribution in [2.75, 3.05) is 46.0 Å². The van der Waals surface area contributed by atoms with Gasteiger partial charge in [0.05, 0.1) is 26.9 Å². The van der Waals surface area contributed by atoms with Crippen LogP contribution in [0.1, 0.15) is 50.6 Å². The highest BCUT2D eigenvalue weighted by atomic mass is 33.1. The molecule has 2 saturated heterocycles. The summed E-state index contributed by atoms with van der Waals surface area (Å²) in [5, 5.41) is 0. The molecule has 3 heterocycles. The first-order valence-corrected chi connectivity index (χ1v) is 23.4. The van der Waals surface area contributed by atoms with Gasteiger partial charge in [-0.25, -0.2) is 9.46 Å². The smallest absolute Gasteiger partial charge is 0.330 e. The number of nitrogens with zero attached hydrogens (tertiary/aromatic N) is 2. The highest BCUT2D eigenvalue weighted by Crippen LogP contribution is 2.53. The number of aromatic amines is 1. The molecule has 3 aromatic carbocycles. The second-order valence-corrected chi connectivity index (χ2v) is 18.7. The zero-order valence-corrected chi connectivity index (χ0v) is 37.5. The third kappa shape index (κ3) is 10.3. The standard InChI is InChI=1S/C44H54N3O10PS2/c1-9-25-53-37-27-59-60-28-38(37)56-58(47(29(2)3)30(4)5)57-40-36(55-42(41(40)52-8)46-24-23-39(48)45-43(46)49)26-54-44(31-13-11-10-12-14-31,32-15-19-34(50-6)20-16-32)33-17-21-35(51-7)22-18-33/h1,10-24,29-30,36-38,40-42H,25-28H2,2-8H3,(H,45,48,49)/t36-,37-,38-,40-,41-,42-,58?/m1/s1. The minimum atomic E-state index is -1.83. The summed E-state index contributed by atoms with van der Waals surface area (Å²) in [5.41, 5.74) is 0.136. The summed E-state index contributed by atoms with van der Waals surface area (Å²) < 4.78 is 55.4. The number of nitrogens with one attached hydrogen (secondary N) is 1. The van der Waals surface area contributed by atoms with Gasteiger partial charge in [-0.15, -0.1) is 6.42 Å². The van der Waals surface area contributed by atoms with Gasteiger partial charge in [-0.1, -0.05) is 82.1 Å². The Hall–Kier alpha value is -3.65. The van der Waals surface area contributed by atoms with E-state index in [1.54, 1.807) is 42.9 Å². The van der Waals surface area contributed by atoms with E-state index >= 15 is 0 Å². The van der Waals surface area contributed by atoms with Crippen LogP contribution in [-0.2, 0) is 33.6 Å². The monoisotopic (exact) mass is 879 g/mol. The Morgan fingerprint density at radius 3 is 1.95 bits per heavy atom. The van der Waals surface area contributed by atoms with Crippen molar-refractivity contribution in [2.24, 2.45) is 0 Å². The summed E-state index contributed by atoms with van der Waals surface area (Å²) in [6.07, 6.45) is 2.87. The lowest BCUT2D eigenvalue weighted by atomic mass is 9.80. The SMILES string of the molecule is C#CCO[C@@H]1CSSC[C@H]1OP(O[C@H]1[C@@H](OC)[C@H](n2ccc(=O)[nH]c2=O)O[C@@H]1COC(c1ccccc1)(c1ccc(OC)cc1)c1ccc(OC)cc1)N(C(C)C)C(C)C. The number of ether oxygens (including phenoxy) is 6. The van der Waals surface area contributed by atoms with E-state index < -0.39 is 49.9 Å². The van der Waals surface area contributed by atoms with Crippen molar-refractivity contribution < 1.29 is 37.5 Å². The molecule has 2 fully saturated rings. The molecule has 1 N–H and O–H groups in total. The normalized spacial score (nSPS) is 22.6. The summed E-state index contributed by atoms with van der Waals surface area (Å²) in [7, 11) is 6.40. The summed E-state index contributed by atoms with van der Waals surface area (Å²) in [6.45, 7) is 8.51. The molecule has 6 rings (SSSR count). The summed E-state index contributed by atoms with van der Waals surface area (Å²) in [6, 6.07) is 26.8. The van der Waals surface area contributed by atoms with Gasteiger partial charge in [-0.2, -0.15) is 0 Å². The van der Waals surface area contributed by atoms with Gasteiger partial charge in [0.1, 0.15) is 48.1 Å². The van der Waals surface area contributed by atoms with Crippen LogP contribution in [0.25, 0.3) is 0 Å². The molecular weight excluding hydrogens is 826 g/mol. The lowest BCUT2D eigenvalue weighted by molar-refractivity contribution is -0.0961. The maximum Gasteiger partial charge on any atom is 0.330 e. The lowest BCUT2D eigenvalue weighted by Crippen LogP contribution is -2.44. The number of H-pyrrole nitrogens is 1. The minimum Gasteiger partial charge on any atom is -0.497 e. The summed E-state index contributed by atoms with van der Waals surface area (Å²) in [4.78, 5) is 28.0. The van der Waals surface area contributed by atoms with Crippen molar-refractivity contribution in [1.82, 2.24) is 14.2 Å². The first-order valence-electron chi connectivity index (χ1n) is 19.7. The Balaban J connectivity index is 1.46. The van der Waals surface area contributed by atoms with Crippen LogP contribution in [0.2, 0.25) is 0 Å². The zero-order chi connectivity index (χ0) is 42.8. The number of aromatic nitrogens is 2. The number of hydrogen-bond donors (Lipinski definition) is 1. The van der Waals surface area contributed by atoms with Crippen LogP contribution in [-0.4, -0.2) is 103 Å². The molecule has 60 heavy (non-hydrogen) atoms. The van der Waals surface area contributed by atoms with Gasteiger partial charge in [-0.3, -0.25) is 14.3 Å². The molecule has 0 amide bonds. The fourth-order valence-electron chi connectivity index (χ4n) is 7.53. The Bertz CT molecular complexity index is 2060. The molecule has 2 aliphatic rings. The van der Waals surface area contributed by atoms with E-state index in [1.165, 1.54) is 16.8 Å². The van der Waals surface area contributed by atoms with E-state index in [4.69, 9.17) is 43.9 Å². The first-order chi connectivity index (χ1) is 29.0. The molecule has 2 aliphatic heterocycles. The number of methoxy groups -OCH3 is 3. The van der Waals surface area contributed by atoms with Gasteiger partial charge < -0.3 is 37.5 Å². The van der Waals surface area contributed by atoms with Crippen molar-refractivity contribution in [1.29, 1.82) is 0 Å². The predicted molar refractivity (Wildman–Crippen MR) is 237 cm³/mol. The first kappa shape index (κ1) is 45.9. The second-order valence-electron chi connectivity index (χ2n) is 14.7. The molecule has 1 unspecified atom stereocenters. The highest BCUT2D eigenvalue weighted by Gasteiger charge is 2.52. The number of benzene rings is 3. The molecule has 0 aliphatic carbocycles. The minimum absolute atomic E-state index is 0.0123. The maximum absolute atomic E-state index is 13.4. The molecule has 13 nitrogen and oxygen atoms in total. The van der Waals surface area contributed by atoms with Crippen LogP contribution < -0.4 is 20.7 Å². The van der Waals surface area contributed by atoms with Crippen molar-refractivity contribution in [3.63, 3.8) is 0 Å². The predicted octanol–water partition coefficient (Wildman–Crippen LogP) is 7.00. The molecule has 0 saturated carbocycles.